The molecule has 0 bridgehead atoms. The van der Waals surface area contributed by atoms with Crippen molar-refractivity contribution < 1.29 is 8.42 Å². The molecule has 0 spiro atoms. The standard InChI is InChI=1S/C11H14ClN3O2S2/c1-4-9-14-11(19(12,16)17)6-15(9)5-10-13-7(2)8(3)18-10/h6H,4-5H2,1-3H3. The van der Waals surface area contributed by atoms with Crippen LogP contribution in [0.2, 0.25) is 0 Å². The number of aryl methyl sites for hydroxylation is 3. The summed E-state index contributed by atoms with van der Waals surface area (Å²) in [4.78, 5) is 9.65. The zero-order valence-corrected chi connectivity index (χ0v) is 13.2. The molecule has 0 amide bonds. The van der Waals surface area contributed by atoms with Gasteiger partial charge in [-0.2, -0.15) is 0 Å². The van der Waals surface area contributed by atoms with Gasteiger partial charge in [-0.25, -0.2) is 18.4 Å². The lowest BCUT2D eigenvalue weighted by molar-refractivity contribution is 0.606. The molecule has 104 valence electrons. The van der Waals surface area contributed by atoms with Crippen LogP contribution in [0.1, 0.15) is 28.3 Å². The third-order valence-electron chi connectivity index (χ3n) is 2.78. The molecule has 0 aliphatic rings. The lowest BCUT2D eigenvalue weighted by Crippen LogP contribution is -2.02. The van der Waals surface area contributed by atoms with E-state index in [9.17, 15) is 8.42 Å². The van der Waals surface area contributed by atoms with E-state index in [0.29, 0.717) is 18.8 Å². The molecule has 0 aliphatic carbocycles. The Morgan fingerprint density at radius 1 is 1.37 bits per heavy atom. The van der Waals surface area contributed by atoms with Crippen LogP contribution in [0.3, 0.4) is 0 Å². The molecule has 2 aromatic rings. The summed E-state index contributed by atoms with van der Waals surface area (Å²) in [5.41, 5.74) is 1.00. The van der Waals surface area contributed by atoms with E-state index in [2.05, 4.69) is 9.97 Å². The molecule has 2 heterocycles. The molecule has 0 unspecified atom stereocenters. The van der Waals surface area contributed by atoms with Crippen molar-refractivity contribution in [2.75, 3.05) is 0 Å². The molecular weight excluding hydrogens is 306 g/mol. The summed E-state index contributed by atoms with van der Waals surface area (Å²) in [7, 11) is 1.53. The Morgan fingerprint density at radius 2 is 2.05 bits per heavy atom. The minimum absolute atomic E-state index is 0.101. The highest BCUT2D eigenvalue weighted by Gasteiger charge is 2.18. The van der Waals surface area contributed by atoms with Crippen molar-refractivity contribution in [1.29, 1.82) is 0 Å². The Labute approximate surface area is 120 Å². The van der Waals surface area contributed by atoms with Gasteiger partial charge in [0.05, 0.1) is 12.2 Å². The van der Waals surface area contributed by atoms with Gasteiger partial charge >= 0.3 is 0 Å². The number of aromatic nitrogens is 3. The van der Waals surface area contributed by atoms with E-state index in [-0.39, 0.29) is 5.03 Å². The fraction of sp³-hybridized carbons (Fsp3) is 0.455. The Bertz CT molecular complexity index is 684. The first-order chi connectivity index (χ1) is 8.81. The average molecular weight is 320 g/mol. The Balaban J connectivity index is 2.37. The molecule has 0 aromatic carbocycles. The quantitative estimate of drug-likeness (QED) is 0.812. The first kappa shape index (κ1) is 14.5. The van der Waals surface area contributed by atoms with Gasteiger partial charge in [0.2, 0.25) is 0 Å². The Kier molecular flexibility index (Phi) is 3.98. The second kappa shape index (κ2) is 5.22. The lowest BCUT2D eigenvalue weighted by atomic mass is 10.4. The summed E-state index contributed by atoms with van der Waals surface area (Å²) in [5, 5.41) is 0.830. The number of nitrogens with zero attached hydrogens (tertiary/aromatic N) is 3. The first-order valence-electron chi connectivity index (χ1n) is 5.75. The fourth-order valence-electron chi connectivity index (χ4n) is 1.72. The van der Waals surface area contributed by atoms with Gasteiger partial charge in [0, 0.05) is 28.2 Å². The number of halogens is 1. The molecule has 0 fully saturated rings. The average Bonchev–Trinajstić information content (AvgIpc) is 2.83. The third kappa shape index (κ3) is 3.16. The van der Waals surface area contributed by atoms with Crippen LogP contribution in [-0.4, -0.2) is 23.0 Å². The minimum atomic E-state index is -3.79. The minimum Gasteiger partial charge on any atom is -0.327 e. The summed E-state index contributed by atoms with van der Waals surface area (Å²) in [5.74, 6) is 0.685. The Morgan fingerprint density at radius 3 is 2.53 bits per heavy atom. The van der Waals surface area contributed by atoms with E-state index < -0.39 is 9.05 Å². The fourth-order valence-corrected chi connectivity index (χ4v) is 3.34. The van der Waals surface area contributed by atoms with Crippen LogP contribution in [0.5, 0.6) is 0 Å². The van der Waals surface area contributed by atoms with Crippen LogP contribution in [-0.2, 0) is 22.0 Å². The van der Waals surface area contributed by atoms with Crippen molar-refractivity contribution in [1.82, 2.24) is 14.5 Å². The highest BCUT2D eigenvalue weighted by molar-refractivity contribution is 8.13. The zero-order valence-electron chi connectivity index (χ0n) is 10.8. The highest BCUT2D eigenvalue weighted by Crippen LogP contribution is 2.20. The van der Waals surface area contributed by atoms with E-state index in [1.54, 1.807) is 15.9 Å². The maximum absolute atomic E-state index is 11.3. The smallest absolute Gasteiger partial charge is 0.280 e. The van der Waals surface area contributed by atoms with Gasteiger partial charge in [-0.1, -0.05) is 6.92 Å². The summed E-state index contributed by atoms with van der Waals surface area (Å²) < 4.78 is 24.4. The maximum atomic E-state index is 11.3. The van der Waals surface area contributed by atoms with E-state index in [4.69, 9.17) is 10.7 Å². The molecule has 0 atom stereocenters. The van der Waals surface area contributed by atoms with Crippen LogP contribution in [0.15, 0.2) is 11.2 Å². The number of hydrogen-bond acceptors (Lipinski definition) is 5. The third-order valence-corrected chi connectivity index (χ3v) is 5.01. The lowest BCUT2D eigenvalue weighted by Gasteiger charge is -2.02. The van der Waals surface area contributed by atoms with E-state index in [1.807, 2.05) is 20.8 Å². The van der Waals surface area contributed by atoms with Crippen molar-refractivity contribution in [3.05, 3.63) is 27.6 Å². The van der Waals surface area contributed by atoms with Gasteiger partial charge in [-0.15, -0.1) is 11.3 Å². The maximum Gasteiger partial charge on any atom is 0.280 e. The molecule has 19 heavy (non-hydrogen) atoms. The molecule has 0 saturated carbocycles. The van der Waals surface area contributed by atoms with Crippen LogP contribution in [0.25, 0.3) is 0 Å². The molecule has 2 rings (SSSR count). The zero-order chi connectivity index (χ0) is 14.2. The van der Waals surface area contributed by atoms with Crippen molar-refractivity contribution >= 4 is 31.1 Å². The Hall–Kier alpha value is -0.920. The van der Waals surface area contributed by atoms with Crippen LogP contribution in [0.4, 0.5) is 0 Å². The molecular formula is C11H14ClN3O2S2. The van der Waals surface area contributed by atoms with E-state index in [1.165, 1.54) is 11.1 Å². The predicted octanol–water partition coefficient (Wildman–Crippen LogP) is 2.49. The molecule has 2 aromatic heterocycles. The highest BCUT2D eigenvalue weighted by atomic mass is 35.7. The number of rotatable bonds is 4. The van der Waals surface area contributed by atoms with E-state index in [0.717, 1.165) is 10.7 Å². The molecule has 0 N–H and O–H groups in total. The van der Waals surface area contributed by atoms with E-state index >= 15 is 0 Å². The van der Waals surface area contributed by atoms with Crippen molar-refractivity contribution in [3.8, 4) is 0 Å². The van der Waals surface area contributed by atoms with Gasteiger partial charge in [0.1, 0.15) is 10.8 Å². The monoisotopic (exact) mass is 319 g/mol. The van der Waals surface area contributed by atoms with Crippen molar-refractivity contribution in [2.45, 2.75) is 38.8 Å². The summed E-state index contributed by atoms with van der Waals surface area (Å²) in [6.45, 7) is 6.40. The van der Waals surface area contributed by atoms with Gasteiger partial charge < -0.3 is 4.57 Å². The number of imidazole rings is 1. The normalized spacial score (nSPS) is 12.0. The number of thiazole rings is 1. The molecule has 8 heteroatoms. The molecule has 0 aliphatic heterocycles. The van der Waals surface area contributed by atoms with Crippen LogP contribution >= 0.6 is 22.0 Å². The van der Waals surface area contributed by atoms with Gasteiger partial charge in [0.15, 0.2) is 5.03 Å². The predicted molar refractivity (Wildman–Crippen MR) is 75.3 cm³/mol. The second-order valence-corrected chi connectivity index (χ2v) is 7.96. The van der Waals surface area contributed by atoms with Crippen LogP contribution < -0.4 is 0 Å². The summed E-state index contributed by atoms with van der Waals surface area (Å²) in [6.07, 6.45) is 2.10. The van der Waals surface area contributed by atoms with Gasteiger partial charge in [0.25, 0.3) is 9.05 Å². The largest absolute Gasteiger partial charge is 0.327 e. The molecule has 0 radical (unpaired) electrons. The second-order valence-electron chi connectivity index (χ2n) is 4.16. The molecule has 5 nitrogen and oxygen atoms in total. The summed E-state index contributed by atoms with van der Waals surface area (Å²) >= 11 is 1.60. The van der Waals surface area contributed by atoms with Gasteiger partial charge in [-0.05, 0) is 13.8 Å². The summed E-state index contributed by atoms with van der Waals surface area (Å²) in [6, 6.07) is 0. The SMILES string of the molecule is CCc1nc(S(=O)(=O)Cl)cn1Cc1nc(C)c(C)s1. The van der Waals surface area contributed by atoms with Crippen molar-refractivity contribution in [3.63, 3.8) is 0 Å². The first-order valence-corrected chi connectivity index (χ1v) is 8.87. The van der Waals surface area contributed by atoms with Crippen LogP contribution in [0, 0.1) is 13.8 Å². The van der Waals surface area contributed by atoms with Gasteiger partial charge in [-0.3, -0.25) is 0 Å². The number of hydrogen-bond donors (Lipinski definition) is 0. The topological polar surface area (TPSA) is 64.8 Å². The van der Waals surface area contributed by atoms with Crippen molar-refractivity contribution in [2.24, 2.45) is 0 Å². The molecule has 0 saturated heterocycles.